The van der Waals surface area contributed by atoms with Crippen LogP contribution in [0.4, 0.5) is 5.69 Å². The first kappa shape index (κ1) is 12.2. The molecule has 94 valence electrons. The molecule has 17 heavy (non-hydrogen) atoms. The maximum atomic E-state index is 12.0. The molecule has 5 heteroatoms. The molecule has 0 bridgehead atoms. The Hall–Kier alpha value is -1.23. The number of ether oxygens (including phenoxy) is 1. The monoisotopic (exact) mass is 255 g/mol. The molecule has 0 N–H and O–H groups in total. The Bertz CT molecular complexity index is 510. The van der Waals surface area contributed by atoms with E-state index < -0.39 is 10.0 Å². The first-order valence-electron chi connectivity index (χ1n) is 5.69. The molecule has 2 rings (SSSR count). The average molecular weight is 255 g/mol. The number of nitrogens with zero attached hydrogens (tertiary/aromatic N) is 1. The molecule has 1 aromatic carbocycles. The molecule has 0 spiro atoms. The molecular formula is C12H17NO3S. The van der Waals surface area contributed by atoms with Crippen molar-refractivity contribution >= 4 is 15.7 Å². The fourth-order valence-electron chi connectivity index (χ4n) is 2.05. The number of sulfonamides is 1. The van der Waals surface area contributed by atoms with E-state index in [2.05, 4.69) is 0 Å². The summed E-state index contributed by atoms with van der Waals surface area (Å²) in [6.07, 6.45) is 1.64. The maximum Gasteiger partial charge on any atom is 0.235 e. The van der Waals surface area contributed by atoms with Crippen LogP contribution in [-0.4, -0.2) is 27.8 Å². The van der Waals surface area contributed by atoms with E-state index in [4.69, 9.17) is 4.74 Å². The van der Waals surface area contributed by atoms with E-state index >= 15 is 0 Å². The van der Waals surface area contributed by atoms with Crippen LogP contribution in [-0.2, 0) is 10.0 Å². The number of aryl methyl sites for hydroxylation is 1. The van der Waals surface area contributed by atoms with Crippen molar-refractivity contribution in [2.45, 2.75) is 19.8 Å². The van der Waals surface area contributed by atoms with Gasteiger partial charge in [-0.25, -0.2) is 8.42 Å². The fraction of sp³-hybridized carbons (Fsp3) is 0.500. The highest BCUT2D eigenvalue weighted by molar-refractivity contribution is 7.92. The predicted octanol–water partition coefficient (Wildman–Crippen LogP) is 1.93. The normalized spacial score (nSPS) is 19.1. The number of rotatable bonds is 2. The molecule has 0 amide bonds. The van der Waals surface area contributed by atoms with Crippen molar-refractivity contribution in [2.75, 3.05) is 23.7 Å². The lowest BCUT2D eigenvalue weighted by Gasteiger charge is -2.29. The van der Waals surface area contributed by atoms with Gasteiger partial charge in [-0.2, -0.15) is 0 Å². The van der Waals surface area contributed by atoms with Gasteiger partial charge < -0.3 is 4.74 Å². The summed E-state index contributed by atoms with van der Waals surface area (Å²) < 4.78 is 30.8. The summed E-state index contributed by atoms with van der Waals surface area (Å²) in [5.41, 5.74) is 1.69. The zero-order valence-corrected chi connectivity index (χ0v) is 11.0. The van der Waals surface area contributed by atoms with Crippen molar-refractivity contribution in [3.8, 4) is 5.75 Å². The second kappa shape index (κ2) is 4.56. The number of methoxy groups -OCH3 is 1. The van der Waals surface area contributed by atoms with Gasteiger partial charge in [0.1, 0.15) is 5.75 Å². The van der Waals surface area contributed by atoms with E-state index in [-0.39, 0.29) is 5.75 Å². The van der Waals surface area contributed by atoms with Gasteiger partial charge in [0, 0.05) is 6.54 Å². The Balaban J connectivity index is 2.48. The summed E-state index contributed by atoms with van der Waals surface area (Å²) in [6, 6.07) is 5.59. The second-order valence-corrected chi connectivity index (χ2v) is 6.28. The maximum absolute atomic E-state index is 12.0. The predicted molar refractivity (Wildman–Crippen MR) is 68.1 cm³/mol. The first-order chi connectivity index (χ1) is 8.04. The smallest absolute Gasteiger partial charge is 0.235 e. The summed E-state index contributed by atoms with van der Waals surface area (Å²) in [5, 5.41) is 0. The van der Waals surface area contributed by atoms with Crippen molar-refractivity contribution in [3.63, 3.8) is 0 Å². The largest absolute Gasteiger partial charge is 0.495 e. The van der Waals surface area contributed by atoms with Crippen molar-refractivity contribution in [2.24, 2.45) is 0 Å². The van der Waals surface area contributed by atoms with E-state index in [0.29, 0.717) is 18.0 Å². The highest BCUT2D eigenvalue weighted by Crippen LogP contribution is 2.33. The second-order valence-electron chi connectivity index (χ2n) is 4.27. The van der Waals surface area contributed by atoms with Crippen LogP contribution in [0.5, 0.6) is 5.75 Å². The summed E-state index contributed by atoms with van der Waals surface area (Å²) in [5.74, 6) is 0.838. The van der Waals surface area contributed by atoms with E-state index in [0.717, 1.165) is 18.4 Å². The van der Waals surface area contributed by atoms with Gasteiger partial charge >= 0.3 is 0 Å². The topological polar surface area (TPSA) is 46.6 Å². The van der Waals surface area contributed by atoms with E-state index in [9.17, 15) is 8.42 Å². The van der Waals surface area contributed by atoms with Gasteiger partial charge in [-0.15, -0.1) is 0 Å². The van der Waals surface area contributed by atoms with Gasteiger partial charge in [-0.05, 0) is 37.5 Å². The molecule has 0 saturated carbocycles. The summed E-state index contributed by atoms with van der Waals surface area (Å²) in [4.78, 5) is 0. The number of anilines is 1. The third-order valence-corrected chi connectivity index (χ3v) is 4.81. The van der Waals surface area contributed by atoms with Gasteiger partial charge in [-0.1, -0.05) is 6.07 Å². The van der Waals surface area contributed by atoms with Gasteiger partial charge in [0.2, 0.25) is 10.0 Å². The van der Waals surface area contributed by atoms with E-state index in [1.165, 1.54) is 4.31 Å². The van der Waals surface area contributed by atoms with E-state index in [1.54, 1.807) is 7.11 Å². The van der Waals surface area contributed by atoms with Crippen LogP contribution in [0.1, 0.15) is 18.4 Å². The summed E-state index contributed by atoms with van der Waals surface area (Å²) >= 11 is 0. The molecule has 1 aliphatic heterocycles. The zero-order chi connectivity index (χ0) is 12.5. The Morgan fingerprint density at radius 1 is 1.29 bits per heavy atom. The van der Waals surface area contributed by atoms with Gasteiger partial charge in [-0.3, -0.25) is 4.31 Å². The van der Waals surface area contributed by atoms with Crippen molar-refractivity contribution in [1.29, 1.82) is 0 Å². The molecule has 1 saturated heterocycles. The summed E-state index contributed by atoms with van der Waals surface area (Å²) in [7, 11) is -1.61. The lowest BCUT2D eigenvalue weighted by Crippen LogP contribution is -2.38. The first-order valence-corrected chi connectivity index (χ1v) is 7.30. The van der Waals surface area contributed by atoms with Crippen LogP contribution >= 0.6 is 0 Å². The molecule has 1 fully saturated rings. The van der Waals surface area contributed by atoms with Crippen molar-refractivity contribution in [1.82, 2.24) is 0 Å². The minimum absolute atomic E-state index is 0.226. The molecule has 4 nitrogen and oxygen atoms in total. The van der Waals surface area contributed by atoms with Gasteiger partial charge in [0.15, 0.2) is 0 Å². The van der Waals surface area contributed by atoms with Crippen LogP contribution in [0.3, 0.4) is 0 Å². The summed E-state index contributed by atoms with van der Waals surface area (Å²) in [6.45, 7) is 2.49. The Kier molecular flexibility index (Phi) is 3.28. The molecular weight excluding hydrogens is 238 g/mol. The average Bonchev–Trinajstić information content (AvgIpc) is 2.28. The Morgan fingerprint density at radius 3 is 2.71 bits per heavy atom. The lowest BCUT2D eigenvalue weighted by atomic mass is 10.2. The quantitative estimate of drug-likeness (QED) is 0.811. The number of hydrogen-bond acceptors (Lipinski definition) is 3. The van der Waals surface area contributed by atoms with Crippen LogP contribution in [0.25, 0.3) is 0 Å². The van der Waals surface area contributed by atoms with E-state index in [1.807, 2.05) is 25.1 Å². The fourth-order valence-corrected chi connectivity index (χ4v) is 3.69. The molecule has 0 atom stereocenters. The SMILES string of the molecule is COc1ccc(C)cc1N1CCCCS1(=O)=O. The molecule has 0 aromatic heterocycles. The highest BCUT2D eigenvalue weighted by Gasteiger charge is 2.28. The van der Waals surface area contributed by atoms with Crippen molar-refractivity contribution < 1.29 is 13.2 Å². The highest BCUT2D eigenvalue weighted by atomic mass is 32.2. The van der Waals surface area contributed by atoms with Gasteiger partial charge in [0.05, 0.1) is 18.6 Å². The molecule has 0 unspecified atom stereocenters. The van der Waals surface area contributed by atoms with Crippen LogP contribution in [0.15, 0.2) is 18.2 Å². The molecule has 1 heterocycles. The Morgan fingerprint density at radius 2 is 2.06 bits per heavy atom. The number of benzene rings is 1. The standard InChI is InChI=1S/C12H17NO3S/c1-10-5-6-12(16-2)11(9-10)13-7-3-4-8-17(13,14)15/h5-6,9H,3-4,7-8H2,1-2H3. The molecule has 1 aromatic rings. The number of hydrogen-bond donors (Lipinski definition) is 0. The molecule has 0 radical (unpaired) electrons. The van der Waals surface area contributed by atoms with Crippen LogP contribution < -0.4 is 9.04 Å². The lowest BCUT2D eigenvalue weighted by molar-refractivity contribution is 0.415. The third-order valence-electron chi connectivity index (χ3n) is 2.95. The van der Waals surface area contributed by atoms with Gasteiger partial charge in [0.25, 0.3) is 0 Å². The minimum Gasteiger partial charge on any atom is -0.495 e. The Labute approximate surface area is 102 Å². The molecule has 0 aliphatic carbocycles. The van der Waals surface area contributed by atoms with Crippen molar-refractivity contribution in [3.05, 3.63) is 23.8 Å². The van der Waals surface area contributed by atoms with Crippen LogP contribution in [0.2, 0.25) is 0 Å². The third kappa shape index (κ3) is 2.39. The van der Waals surface area contributed by atoms with Crippen LogP contribution in [0, 0.1) is 6.92 Å². The molecule has 1 aliphatic rings. The zero-order valence-electron chi connectivity index (χ0n) is 10.1. The minimum atomic E-state index is -3.17.